The highest BCUT2D eigenvalue weighted by molar-refractivity contribution is 7.09. The molecule has 3 aromatic rings. The van der Waals surface area contributed by atoms with Gasteiger partial charge >= 0.3 is 6.09 Å². The van der Waals surface area contributed by atoms with E-state index < -0.39 is 5.60 Å². The maximum Gasteiger partial charge on any atom is 0.410 e. The van der Waals surface area contributed by atoms with Crippen molar-refractivity contribution in [2.75, 3.05) is 13.1 Å². The van der Waals surface area contributed by atoms with Crippen LogP contribution >= 0.6 is 11.3 Å². The van der Waals surface area contributed by atoms with Crippen LogP contribution in [0, 0.1) is 0 Å². The summed E-state index contributed by atoms with van der Waals surface area (Å²) in [6, 6.07) is 7.88. The fourth-order valence-electron chi connectivity index (χ4n) is 3.08. The van der Waals surface area contributed by atoms with E-state index in [1.807, 2.05) is 68.1 Å². The third-order valence-electron chi connectivity index (χ3n) is 4.88. The molecule has 172 valence electrons. The average Bonchev–Trinajstić information content (AvgIpc) is 3.44. The second kappa shape index (κ2) is 10.6. The summed E-state index contributed by atoms with van der Waals surface area (Å²) in [6.45, 7) is 11.4. The molecule has 2 aromatic heterocycles. The van der Waals surface area contributed by atoms with Crippen molar-refractivity contribution in [2.24, 2.45) is 0 Å². The Morgan fingerprint density at radius 3 is 2.62 bits per heavy atom. The average molecular weight is 457 g/mol. The molecule has 0 aliphatic carbocycles. The Hall–Kier alpha value is -2.87. The second-order valence-electron chi connectivity index (χ2n) is 8.68. The summed E-state index contributed by atoms with van der Waals surface area (Å²) in [5.41, 5.74) is 1.46. The van der Waals surface area contributed by atoms with Gasteiger partial charge in [-0.15, -0.1) is 11.3 Å². The fraction of sp³-hybridized carbons (Fsp3) is 0.458. The summed E-state index contributed by atoms with van der Waals surface area (Å²) in [6.07, 6.45) is 5.99. The quantitative estimate of drug-likeness (QED) is 0.416. The molecule has 1 unspecified atom stereocenters. The van der Waals surface area contributed by atoms with E-state index in [1.54, 1.807) is 28.8 Å². The highest BCUT2D eigenvalue weighted by atomic mass is 32.1. The van der Waals surface area contributed by atoms with Gasteiger partial charge in [0.15, 0.2) is 0 Å². The molecule has 3 rings (SSSR count). The Morgan fingerprint density at radius 1 is 1.25 bits per heavy atom. The predicted molar refractivity (Wildman–Crippen MR) is 127 cm³/mol. The van der Waals surface area contributed by atoms with Crippen LogP contribution in [0.1, 0.15) is 57.7 Å². The van der Waals surface area contributed by atoms with Gasteiger partial charge in [0.1, 0.15) is 18.0 Å². The summed E-state index contributed by atoms with van der Waals surface area (Å²) in [5.74, 6) is 1.05. The number of amides is 1. The van der Waals surface area contributed by atoms with Gasteiger partial charge < -0.3 is 18.9 Å². The molecule has 1 aromatic carbocycles. The van der Waals surface area contributed by atoms with E-state index >= 15 is 0 Å². The first kappa shape index (κ1) is 23.8. The van der Waals surface area contributed by atoms with E-state index in [2.05, 4.69) is 11.9 Å². The van der Waals surface area contributed by atoms with Gasteiger partial charge in [0, 0.05) is 42.5 Å². The molecule has 0 N–H and O–H groups in total. The van der Waals surface area contributed by atoms with E-state index in [0.717, 1.165) is 28.6 Å². The summed E-state index contributed by atoms with van der Waals surface area (Å²) in [7, 11) is 0. The topological polar surface area (TPSA) is 69.5 Å². The SMILES string of the molecule is CCN(CCC(C)c1nc(COc2ccc(-n3ccnc3)cc2)cs1)C(=O)OC(C)(C)C. The van der Waals surface area contributed by atoms with E-state index in [9.17, 15) is 4.79 Å². The molecule has 8 heteroatoms. The maximum absolute atomic E-state index is 12.3. The number of thiazole rings is 1. The van der Waals surface area contributed by atoms with Crippen LogP contribution in [0.25, 0.3) is 5.69 Å². The van der Waals surface area contributed by atoms with Crippen molar-refractivity contribution in [3.8, 4) is 11.4 Å². The van der Waals surface area contributed by atoms with Gasteiger partial charge in [0.05, 0.1) is 17.0 Å². The molecule has 2 heterocycles. The molecule has 1 atom stereocenters. The second-order valence-corrected chi connectivity index (χ2v) is 9.57. The minimum absolute atomic E-state index is 0.250. The minimum atomic E-state index is -0.486. The van der Waals surface area contributed by atoms with Crippen LogP contribution < -0.4 is 4.74 Å². The molecule has 0 spiro atoms. The first-order chi connectivity index (χ1) is 15.2. The zero-order valence-corrected chi connectivity index (χ0v) is 20.3. The number of nitrogens with zero attached hydrogens (tertiary/aromatic N) is 4. The zero-order chi connectivity index (χ0) is 23.1. The molecule has 0 aliphatic heterocycles. The number of benzene rings is 1. The van der Waals surface area contributed by atoms with Crippen LogP contribution in [0.2, 0.25) is 0 Å². The zero-order valence-electron chi connectivity index (χ0n) is 19.4. The standard InChI is InChI=1S/C24H32N4O3S/c1-6-27(23(29)31-24(3,4)5)13-11-18(2)22-26-19(16-32-22)15-30-21-9-7-20(8-10-21)28-14-12-25-17-28/h7-10,12,14,16-18H,6,11,13,15H2,1-5H3. The number of hydrogen-bond acceptors (Lipinski definition) is 6. The normalized spacial score (nSPS) is 12.4. The molecule has 0 radical (unpaired) electrons. The van der Waals surface area contributed by atoms with Crippen molar-refractivity contribution in [3.63, 3.8) is 0 Å². The lowest BCUT2D eigenvalue weighted by atomic mass is 10.1. The van der Waals surface area contributed by atoms with Crippen LogP contribution in [0.4, 0.5) is 4.79 Å². The van der Waals surface area contributed by atoms with E-state index in [0.29, 0.717) is 19.7 Å². The Bertz CT molecular complexity index is 978. The van der Waals surface area contributed by atoms with Gasteiger partial charge in [-0.25, -0.2) is 14.8 Å². The van der Waals surface area contributed by atoms with Gasteiger partial charge in [0.25, 0.3) is 0 Å². The van der Waals surface area contributed by atoms with Crippen molar-refractivity contribution in [1.29, 1.82) is 0 Å². The lowest BCUT2D eigenvalue weighted by Gasteiger charge is -2.27. The van der Waals surface area contributed by atoms with E-state index in [-0.39, 0.29) is 12.0 Å². The van der Waals surface area contributed by atoms with Crippen molar-refractivity contribution in [1.82, 2.24) is 19.4 Å². The molecule has 7 nitrogen and oxygen atoms in total. The molecule has 0 fully saturated rings. The predicted octanol–water partition coefficient (Wildman–Crippen LogP) is 5.66. The monoisotopic (exact) mass is 456 g/mol. The van der Waals surface area contributed by atoms with Crippen LogP contribution in [0.5, 0.6) is 5.75 Å². The molecule has 1 amide bonds. The molecule has 0 aliphatic rings. The molecule has 0 saturated carbocycles. The van der Waals surface area contributed by atoms with E-state index in [4.69, 9.17) is 14.5 Å². The Labute approximate surface area is 194 Å². The van der Waals surface area contributed by atoms with Crippen LogP contribution in [0.3, 0.4) is 0 Å². The van der Waals surface area contributed by atoms with Gasteiger partial charge in [-0.3, -0.25) is 0 Å². The number of hydrogen-bond donors (Lipinski definition) is 0. The highest BCUT2D eigenvalue weighted by Gasteiger charge is 2.22. The Morgan fingerprint density at radius 2 is 2.00 bits per heavy atom. The summed E-state index contributed by atoms with van der Waals surface area (Å²) >= 11 is 1.64. The van der Waals surface area contributed by atoms with Crippen molar-refractivity contribution in [2.45, 2.75) is 59.2 Å². The lowest BCUT2D eigenvalue weighted by molar-refractivity contribution is 0.0256. The van der Waals surface area contributed by atoms with Crippen LogP contribution in [-0.2, 0) is 11.3 Å². The van der Waals surface area contributed by atoms with Crippen molar-refractivity contribution >= 4 is 17.4 Å². The first-order valence-corrected chi connectivity index (χ1v) is 11.8. The molecule has 32 heavy (non-hydrogen) atoms. The van der Waals surface area contributed by atoms with Gasteiger partial charge in [-0.05, 0) is 58.4 Å². The first-order valence-electron chi connectivity index (χ1n) is 10.9. The van der Waals surface area contributed by atoms with Gasteiger partial charge in [-0.1, -0.05) is 6.92 Å². The van der Waals surface area contributed by atoms with Crippen LogP contribution in [0.15, 0.2) is 48.4 Å². The third-order valence-corrected chi connectivity index (χ3v) is 6.01. The fourth-order valence-corrected chi connectivity index (χ4v) is 3.97. The number of carbonyl (C=O) groups excluding carboxylic acids is 1. The third kappa shape index (κ3) is 6.82. The highest BCUT2D eigenvalue weighted by Crippen LogP contribution is 2.25. The molecule has 0 saturated heterocycles. The van der Waals surface area contributed by atoms with Crippen molar-refractivity contribution < 1.29 is 14.3 Å². The molecule has 0 bridgehead atoms. The van der Waals surface area contributed by atoms with Crippen LogP contribution in [-0.4, -0.2) is 44.2 Å². The largest absolute Gasteiger partial charge is 0.487 e. The number of carbonyl (C=O) groups is 1. The molecular formula is C24H32N4O3S. The smallest absolute Gasteiger partial charge is 0.410 e. The number of aromatic nitrogens is 3. The van der Waals surface area contributed by atoms with Gasteiger partial charge in [-0.2, -0.15) is 0 Å². The number of rotatable bonds is 9. The lowest BCUT2D eigenvalue weighted by Crippen LogP contribution is -2.37. The van der Waals surface area contributed by atoms with E-state index in [1.165, 1.54) is 0 Å². The summed E-state index contributed by atoms with van der Waals surface area (Å²) < 4.78 is 13.3. The number of ether oxygens (including phenoxy) is 2. The minimum Gasteiger partial charge on any atom is -0.487 e. The van der Waals surface area contributed by atoms with Gasteiger partial charge in [0.2, 0.25) is 0 Å². The Kier molecular flexibility index (Phi) is 7.90. The summed E-state index contributed by atoms with van der Waals surface area (Å²) in [4.78, 5) is 22.9. The molecular weight excluding hydrogens is 424 g/mol. The van der Waals surface area contributed by atoms with Crippen molar-refractivity contribution in [3.05, 3.63) is 59.1 Å². The number of imidazole rings is 1. The maximum atomic E-state index is 12.3. The Balaban J connectivity index is 1.48. The summed E-state index contributed by atoms with van der Waals surface area (Å²) in [5, 5.41) is 3.09.